The fourth-order valence-electron chi connectivity index (χ4n) is 4.37. The van der Waals surface area contributed by atoms with Gasteiger partial charge in [-0.25, -0.2) is 9.59 Å². The number of hydrogen-bond donors (Lipinski definition) is 1. The van der Waals surface area contributed by atoms with Crippen LogP contribution in [-0.4, -0.2) is 76.5 Å². The van der Waals surface area contributed by atoms with E-state index >= 15 is 0 Å². The van der Waals surface area contributed by atoms with Crippen LogP contribution in [0.15, 0.2) is 30.5 Å². The van der Waals surface area contributed by atoms with Crippen molar-refractivity contribution >= 4 is 17.7 Å². The predicted octanol–water partition coefficient (Wildman–Crippen LogP) is 4.79. The zero-order valence-electron chi connectivity index (χ0n) is 20.8. The Kier molecular flexibility index (Phi) is 9.36. The number of carboxylic acids is 1. The predicted molar refractivity (Wildman–Crippen MR) is 130 cm³/mol. The molecule has 2 aromatic rings. The Bertz CT molecular complexity index is 1030. The molecule has 0 bridgehead atoms. The summed E-state index contributed by atoms with van der Waals surface area (Å²) < 4.78 is 41.0. The first-order valence-corrected chi connectivity index (χ1v) is 12.3. The maximum Gasteiger partial charge on any atom is 0.416 e. The standard InChI is InChI=1S/C25H34F3N5O3/c1-3-4-12-32(24(36)33-16-10-21(29-33)23(34)35)15-7-11-30(2)18-19-8-9-20(25(26,27)28)17-22(19)31-13-5-6-14-31/h8-10,16-17H,3-7,11-15,18H2,1-2H3,(H,34,35). The number of nitrogens with zero attached hydrogens (tertiary/aromatic N) is 5. The Hall–Kier alpha value is -3.08. The fourth-order valence-corrected chi connectivity index (χ4v) is 4.37. The van der Waals surface area contributed by atoms with Gasteiger partial charge in [0.2, 0.25) is 0 Å². The number of carbonyl (C=O) groups is 2. The second-order valence-electron chi connectivity index (χ2n) is 9.20. The normalized spacial score (nSPS) is 14.0. The second kappa shape index (κ2) is 12.2. The molecule has 1 aliphatic heterocycles. The molecule has 1 aliphatic rings. The third kappa shape index (κ3) is 7.22. The summed E-state index contributed by atoms with van der Waals surface area (Å²) in [7, 11) is 1.91. The highest BCUT2D eigenvalue weighted by Gasteiger charge is 2.32. The number of benzene rings is 1. The van der Waals surface area contributed by atoms with Crippen molar-refractivity contribution in [1.82, 2.24) is 19.6 Å². The Balaban J connectivity index is 1.62. The summed E-state index contributed by atoms with van der Waals surface area (Å²) in [4.78, 5) is 29.7. The molecular weight excluding hydrogens is 475 g/mol. The lowest BCUT2D eigenvalue weighted by molar-refractivity contribution is -0.137. The van der Waals surface area contributed by atoms with E-state index < -0.39 is 17.7 Å². The minimum Gasteiger partial charge on any atom is -0.476 e. The summed E-state index contributed by atoms with van der Waals surface area (Å²) in [5.41, 5.74) is 0.667. The number of carboxylic acid groups (broad SMARTS) is 1. The van der Waals surface area contributed by atoms with Crippen molar-refractivity contribution in [1.29, 1.82) is 0 Å². The minimum absolute atomic E-state index is 0.191. The van der Waals surface area contributed by atoms with E-state index in [-0.39, 0.29) is 11.7 Å². The number of hydrogen-bond acceptors (Lipinski definition) is 5. The average Bonchev–Trinajstić information content (AvgIpc) is 3.53. The Morgan fingerprint density at radius 3 is 2.39 bits per heavy atom. The summed E-state index contributed by atoms with van der Waals surface area (Å²) in [5, 5.41) is 12.9. The molecule has 1 amide bonds. The van der Waals surface area contributed by atoms with E-state index in [0.717, 1.165) is 55.1 Å². The molecule has 1 aromatic carbocycles. The lowest BCUT2D eigenvalue weighted by atomic mass is 10.1. The number of aromatic nitrogens is 2. The topological polar surface area (TPSA) is 81.9 Å². The molecule has 1 saturated heterocycles. The van der Waals surface area contributed by atoms with Gasteiger partial charge in [-0.1, -0.05) is 19.4 Å². The maximum absolute atomic E-state index is 13.3. The molecular formula is C25H34F3N5O3. The van der Waals surface area contributed by atoms with Crippen LogP contribution in [0.5, 0.6) is 0 Å². The van der Waals surface area contributed by atoms with Crippen molar-refractivity contribution in [2.75, 3.05) is 44.7 Å². The molecule has 0 atom stereocenters. The average molecular weight is 510 g/mol. The quantitative estimate of drug-likeness (QED) is 0.469. The molecule has 0 aliphatic carbocycles. The SMILES string of the molecule is CCCCN(CCCN(C)Cc1ccc(C(F)(F)F)cc1N1CCCC1)C(=O)n1ccc(C(=O)O)n1. The number of aromatic carboxylic acids is 1. The lowest BCUT2D eigenvalue weighted by Gasteiger charge is -2.27. The fraction of sp³-hybridized carbons (Fsp3) is 0.560. The van der Waals surface area contributed by atoms with Gasteiger partial charge in [0.25, 0.3) is 0 Å². The van der Waals surface area contributed by atoms with Crippen LogP contribution in [0.4, 0.5) is 23.7 Å². The zero-order valence-corrected chi connectivity index (χ0v) is 20.8. The maximum atomic E-state index is 13.3. The number of alkyl halides is 3. The van der Waals surface area contributed by atoms with Crippen LogP contribution >= 0.6 is 0 Å². The third-order valence-electron chi connectivity index (χ3n) is 6.32. The molecule has 1 N–H and O–H groups in total. The third-order valence-corrected chi connectivity index (χ3v) is 6.32. The van der Waals surface area contributed by atoms with Crippen molar-refractivity contribution < 1.29 is 27.9 Å². The van der Waals surface area contributed by atoms with Crippen molar-refractivity contribution in [3.8, 4) is 0 Å². The summed E-state index contributed by atoms with van der Waals surface area (Å²) in [5.74, 6) is -1.19. The number of halogens is 3. The van der Waals surface area contributed by atoms with Crippen LogP contribution in [-0.2, 0) is 12.7 Å². The van der Waals surface area contributed by atoms with Gasteiger partial charge in [-0.05, 0) is 63.0 Å². The molecule has 36 heavy (non-hydrogen) atoms. The van der Waals surface area contributed by atoms with Crippen LogP contribution in [0.1, 0.15) is 60.6 Å². The number of unbranched alkanes of at least 4 members (excludes halogenated alkanes) is 1. The molecule has 3 rings (SSSR count). The number of amides is 1. The van der Waals surface area contributed by atoms with E-state index in [1.807, 2.05) is 23.8 Å². The van der Waals surface area contributed by atoms with E-state index in [1.54, 1.807) is 11.0 Å². The molecule has 11 heteroatoms. The van der Waals surface area contributed by atoms with Gasteiger partial charge in [-0.3, -0.25) is 0 Å². The molecule has 0 saturated carbocycles. The largest absolute Gasteiger partial charge is 0.476 e. The summed E-state index contributed by atoms with van der Waals surface area (Å²) in [6.45, 7) is 5.64. The summed E-state index contributed by atoms with van der Waals surface area (Å²) in [6, 6.07) is 4.88. The monoisotopic (exact) mass is 509 g/mol. The van der Waals surface area contributed by atoms with Gasteiger partial charge < -0.3 is 19.8 Å². The van der Waals surface area contributed by atoms with Crippen molar-refractivity contribution in [2.24, 2.45) is 0 Å². The number of anilines is 1. The highest BCUT2D eigenvalue weighted by molar-refractivity contribution is 5.86. The van der Waals surface area contributed by atoms with Gasteiger partial charge in [0.1, 0.15) is 0 Å². The molecule has 2 heterocycles. The van der Waals surface area contributed by atoms with Crippen LogP contribution in [0.2, 0.25) is 0 Å². The van der Waals surface area contributed by atoms with Crippen LogP contribution < -0.4 is 4.90 Å². The van der Waals surface area contributed by atoms with Gasteiger partial charge in [-0.15, -0.1) is 0 Å². The van der Waals surface area contributed by atoms with E-state index in [0.29, 0.717) is 38.3 Å². The summed E-state index contributed by atoms with van der Waals surface area (Å²) >= 11 is 0. The lowest BCUT2D eigenvalue weighted by Crippen LogP contribution is -2.38. The van der Waals surface area contributed by atoms with E-state index in [9.17, 15) is 22.8 Å². The van der Waals surface area contributed by atoms with E-state index in [1.165, 1.54) is 18.3 Å². The van der Waals surface area contributed by atoms with Crippen molar-refractivity contribution in [3.05, 3.63) is 47.3 Å². The molecule has 0 spiro atoms. The Morgan fingerprint density at radius 1 is 1.08 bits per heavy atom. The molecule has 198 valence electrons. The Morgan fingerprint density at radius 2 is 1.78 bits per heavy atom. The molecule has 0 radical (unpaired) electrons. The second-order valence-corrected chi connectivity index (χ2v) is 9.20. The highest BCUT2D eigenvalue weighted by Crippen LogP contribution is 2.35. The molecule has 1 fully saturated rings. The van der Waals surface area contributed by atoms with Gasteiger partial charge in [-0.2, -0.15) is 23.0 Å². The first-order chi connectivity index (χ1) is 17.1. The number of carbonyl (C=O) groups excluding carboxylic acids is 1. The Labute approximate surface area is 209 Å². The van der Waals surface area contributed by atoms with Crippen LogP contribution in [0.3, 0.4) is 0 Å². The zero-order chi connectivity index (χ0) is 26.3. The summed E-state index contributed by atoms with van der Waals surface area (Å²) in [6.07, 6.45) is 1.26. The molecule has 1 aromatic heterocycles. The van der Waals surface area contributed by atoms with E-state index in [4.69, 9.17) is 5.11 Å². The first kappa shape index (κ1) is 27.5. The van der Waals surface area contributed by atoms with Crippen LogP contribution in [0, 0.1) is 0 Å². The van der Waals surface area contributed by atoms with Crippen LogP contribution in [0.25, 0.3) is 0 Å². The first-order valence-electron chi connectivity index (χ1n) is 12.3. The highest BCUT2D eigenvalue weighted by atomic mass is 19.4. The number of rotatable bonds is 11. The minimum atomic E-state index is -4.38. The van der Waals surface area contributed by atoms with Gasteiger partial charge in [0.05, 0.1) is 5.56 Å². The van der Waals surface area contributed by atoms with E-state index in [2.05, 4.69) is 5.10 Å². The van der Waals surface area contributed by atoms with Gasteiger partial charge in [0, 0.05) is 44.6 Å². The van der Waals surface area contributed by atoms with Crippen molar-refractivity contribution in [3.63, 3.8) is 0 Å². The molecule has 8 nitrogen and oxygen atoms in total. The van der Waals surface area contributed by atoms with Crippen molar-refractivity contribution in [2.45, 2.75) is 51.7 Å². The smallest absolute Gasteiger partial charge is 0.416 e. The molecule has 0 unspecified atom stereocenters. The van der Waals surface area contributed by atoms with Gasteiger partial charge >= 0.3 is 18.2 Å². The van der Waals surface area contributed by atoms with Gasteiger partial charge in [0.15, 0.2) is 5.69 Å².